The maximum atomic E-state index is 5.59. The molecule has 30 heavy (non-hydrogen) atoms. The number of rotatable bonds is 5. The fourth-order valence-electron chi connectivity index (χ4n) is 4.02. The topological polar surface area (TPSA) is 49.3 Å². The predicted molar refractivity (Wildman–Crippen MR) is 133 cm³/mol. The standard InChI is InChI=1S/C23H30N4O2.HI/c1-24-23(25-11-9-18-3-8-22-19(17-18)10-16-29-22)27-14-12-26(13-15-27)20-4-6-21(28-2)7-5-20;/h3-8,17H,9-16H2,1-2H3,(H,24,25);1H. The second-order valence-electron chi connectivity index (χ2n) is 7.44. The summed E-state index contributed by atoms with van der Waals surface area (Å²) in [5.74, 6) is 2.93. The first-order valence-corrected chi connectivity index (χ1v) is 10.4. The Morgan fingerprint density at radius 2 is 1.87 bits per heavy atom. The van der Waals surface area contributed by atoms with E-state index in [2.05, 4.69) is 50.4 Å². The molecule has 7 heteroatoms. The molecule has 0 saturated carbocycles. The summed E-state index contributed by atoms with van der Waals surface area (Å²) < 4.78 is 10.8. The summed E-state index contributed by atoms with van der Waals surface area (Å²) in [6.07, 6.45) is 2.01. The molecular formula is C23H31IN4O2. The van der Waals surface area contributed by atoms with Crippen molar-refractivity contribution >= 4 is 35.6 Å². The van der Waals surface area contributed by atoms with Gasteiger partial charge in [0.25, 0.3) is 0 Å². The van der Waals surface area contributed by atoms with Crippen molar-refractivity contribution in [3.8, 4) is 11.5 Å². The molecule has 2 heterocycles. The molecule has 162 valence electrons. The number of benzene rings is 2. The maximum Gasteiger partial charge on any atom is 0.193 e. The van der Waals surface area contributed by atoms with E-state index in [4.69, 9.17) is 9.47 Å². The number of piperazine rings is 1. The van der Waals surface area contributed by atoms with Gasteiger partial charge >= 0.3 is 0 Å². The predicted octanol–water partition coefficient (Wildman–Crippen LogP) is 3.19. The number of guanidine groups is 1. The van der Waals surface area contributed by atoms with Crippen molar-refractivity contribution in [3.05, 3.63) is 53.6 Å². The molecule has 0 bridgehead atoms. The first kappa shape index (κ1) is 22.5. The van der Waals surface area contributed by atoms with Crippen molar-refractivity contribution in [1.82, 2.24) is 10.2 Å². The molecule has 0 aromatic heterocycles. The van der Waals surface area contributed by atoms with E-state index in [0.717, 1.165) is 69.6 Å². The van der Waals surface area contributed by atoms with E-state index in [-0.39, 0.29) is 24.0 Å². The van der Waals surface area contributed by atoms with Crippen molar-refractivity contribution in [2.24, 2.45) is 4.99 Å². The highest BCUT2D eigenvalue weighted by Crippen LogP contribution is 2.26. The molecule has 1 saturated heterocycles. The van der Waals surface area contributed by atoms with E-state index in [1.54, 1.807) is 7.11 Å². The number of anilines is 1. The van der Waals surface area contributed by atoms with Crippen LogP contribution in [0, 0.1) is 0 Å². The normalized spacial score (nSPS) is 15.9. The van der Waals surface area contributed by atoms with Crippen LogP contribution in [0.25, 0.3) is 0 Å². The average molecular weight is 522 g/mol. The molecule has 0 amide bonds. The minimum absolute atomic E-state index is 0. The van der Waals surface area contributed by atoms with Crippen LogP contribution in [0.5, 0.6) is 11.5 Å². The summed E-state index contributed by atoms with van der Waals surface area (Å²) in [4.78, 5) is 9.25. The van der Waals surface area contributed by atoms with Crippen molar-refractivity contribution in [2.45, 2.75) is 12.8 Å². The molecule has 4 rings (SSSR count). The van der Waals surface area contributed by atoms with Crippen molar-refractivity contribution in [3.63, 3.8) is 0 Å². The second kappa shape index (κ2) is 10.7. The summed E-state index contributed by atoms with van der Waals surface area (Å²) in [7, 11) is 3.57. The Hall–Kier alpha value is -2.16. The van der Waals surface area contributed by atoms with Gasteiger partial charge in [-0.25, -0.2) is 0 Å². The molecule has 2 aromatic rings. The lowest BCUT2D eigenvalue weighted by molar-refractivity contribution is 0.357. The summed E-state index contributed by atoms with van der Waals surface area (Å²) in [5, 5.41) is 3.53. The Morgan fingerprint density at radius 1 is 1.10 bits per heavy atom. The van der Waals surface area contributed by atoms with Gasteiger partial charge in [0.05, 0.1) is 13.7 Å². The third kappa shape index (κ3) is 5.30. The molecule has 2 aliphatic rings. The molecule has 6 nitrogen and oxygen atoms in total. The summed E-state index contributed by atoms with van der Waals surface area (Å²) in [6, 6.07) is 14.8. The van der Waals surface area contributed by atoms with Crippen molar-refractivity contribution < 1.29 is 9.47 Å². The number of hydrogen-bond donors (Lipinski definition) is 1. The third-order valence-corrected chi connectivity index (χ3v) is 5.68. The summed E-state index contributed by atoms with van der Waals surface area (Å²) in [6.45, 7) is 5.58. The van der Waals surface area contributed by atoms with E-state index < -0.39 is 0 Å². The summed E-state index contributed by atoms with van der Waals surface area (Å²) >= 11 is 0. The molecule has 0 radical (unpaired) electrons. The number of aliphatic imine (C=N–C) groups is 1. The van der Waals surface area contributed by atoms with Crippen LogP contribution in [0.4, 0.5) is 5.69 Å². The molecule has 0 spiro atoms. The van der Waals surface area contributed by atoms with E-state index in [1.165, 1.54) is 16.8 Å². The van der Waals surface area contributed by atoms with Gasteiger partial charge in [-0.15, -0.1) is 24.0 Å². The van der Waals surface area contributed by atoms with E-state index in [1.807, 2.05) is 19.2 Å². The highest BCUT2D eigenvalue weighted by Gasteiger charge is 2.20. The van der Waals surface area contributed by atoms with Crippen LogP contribution >= 0.6 is 24.0 Å². The smallest absolute Gasteiger partial charge is 0.193 e. The molecule has 0 atom stereocenters. The van der Waals surface area contributed by atoms with Gasteiger partial charge in [-0.1, -0.05) is 12.1 Å². The molecule has 2 aromatic carbocycles. The third-order valence-electron chi connectivity index (χ3n) is 5.68. The zero-order valence-electron chi connectivity index (χ0n) is 17.8. The molecule has 0 aliphatic carbocycles. The van der Waals surface area contributed by atoms with Crippen LogP contribution in [0.15, 0.2) is 47.5 Å². The highest BCUT2D eigenvalue weighted by atomic mass is 127. The Morgan fingerprint density at radius 3 is 2.57 bits per heavy atom. The van der Waals surface area contributed by atoms with E-state index in [0.29, 0.717) is 0 Å². The van der Waals surface area contributed by atoms with Gasteiger partial charge in [-0.2, -0.15) is 0 Å². The monoisotopic (exact) mass is 522 g/mol. The van der Waals surface area contributed by atoms with Gasteiger partial charge < -0.3 is 24.6 Å². The Balaban J connectivity index is 0.00000256. The van der Waals surface area contributed by atoms with Crippen LogP contribution in [0.1, 0.15) is 11.1 Å². The van der Waals surface area contributed by atoms with Gasteiger partial charge in [0.2, 0.25) is 0 Å². The summed E-state index contributed by atoms with van der Waals surface area (Å²) in [5.41, 5.74) is 3.93. The minimum Gasteiger partial charge on any atom is -0.497 e. The molecule has 1 fully saturated rings. The highest BCUT2D eigenvalue weighted by molar-refractivity contribution is 14.0. The zero-order valence-corrected chi connectivity index (χ0v) is 20.1. The maximum absolute atomic E-state index is 5.59. The van der Waals surface area contributed by atoms with Crippen molar-refractivity contribution in [1.29, 1.82) is 0 Å². The van der Waals surface area contributed by atoms with Crippen LogP contribution in [-0.4, -0.2) is 64.3 Å². The average Bonchev–Trinajstić information content (AvgIpc) is 3.25. The SMILES string of the molecule is CN=C(NCCc1ccc2c(c1)CCO2)N1CCN(c2ccc(OC)cc2)CC1.I. The van der Waals surface area contributed by atoms with Crippen LogP contribution < -0.4 is 19.7 Å². The van der Waals surface area contributed by atoms with Crippen LogP contribution in [0.2, 0.25) is 0 Å². The molecule has 1 N–H and O–H groups in total. The quantitative estimate of drug-likeness (QED) is 0.372. The number of methoxy groups -OCH3 is 1. The van der Waals surface area contributed by atoms with Gasteiger partial charge in [0.15, 0.2) is 5.96 Å². The number of fused-ring (bicyclic) bond motifs is 1. The fourth-order valence-corrected chi connectivity index (χ4v) is 4.02. The molecule has 0 unspecified atom stereocenters. The minimum atomic E-state index is 0. The largest absolute Gasteiger partial charge is 0.497 e. The lowest BCUT2D eigenvalue weighted by atomic mass is 10.1. The number of ether oxygens (including phenoxy) is 2. The van der Waals surface area contributed by atoms with Gasteiger partial charge in [-0.05, 0) is 47.9 Å². The lowest BCUT2D eigenvalue weighted by Gasteiger charge is -2.37. The van der Waals surface area contributed by atoms with Crippen molar-refractivity contribution in [2.75, 3.05) is 58.4 Å². The molecule has 2 aliphatic heterocycles. The Labute approximate surface area is 196 Å². The Kier molecular flexibility index (Phi) is 8.07. The van der Waals surface area contributed by atoms with Gasteiger partial charge in [0, 0.05) is 51.9 Å². The first-order chi connectivity index (χ1) is 14.3. The molecular weight excluding hydrogens is 491 g/mol. The zero-order chi connectivity index (χ0) is 20.1. The number of hydrogen-bond acceptors (Lipinski definition) is 4. The van der Waals surface area contributed by atoms with Crippen LogP contribution in [0.3, 0.4) is 0 Å². The van der Waals surface area contributed by atoms with Crippen LogP contribution in [-0.2, 0) is 12.8 Å². The fraction of sp³-hybridized carbons (Fsp3) is 0.435. The number of halogens is 1. The van der Waals surface area contributed by atoms with Gasteiger partial charge in [-0.3, -0.25) is 4.99 Å². The first-order valence-electron chi connectivity index (χ1n) is 10.4. The Bertz CT molecular complexity index is 849. The number of nitrogens with one attached hydrogen (secondary N) is 1. The van der Waals surface area contributed by atoms with E-state index in [9.17, 15) is 0 Å². The van der Waals surface area contributed by atoms with Gasteiger partial charge in [0.1, 0.15) is 11.5 Å². The number of nitrogens with zero attached hydrogens (tertiary/aromatic N) is 3. The lowest BCUT2D eigenvalue weighted by Crippen LogP contribution is -2.52. The second-order valence-corrected chi connectivity index (χ2v) is 7.44. The van der Waals surface area contributed by atoms with E-state index >= 15 is 0 Å².